The van der Waals surface area contributed by atoms with Crippen LogP contribution in [0.5, 0.6) is 0 Å². The number of aliphatic carboxylic acids is 2. The van der Waals surface area contributed by atoms with Crippen molar-refractivity contribution in [3.8, 4) is 0 Å². The molecule has 0 aromatic carbocycles. The van der Waals surface area contributed by atoms with Crippen LogP contribution in [0.1, 0.15) is 65.2 Å². The summed E-state index contributed by atoms with van der Waals surface area (Å²) >= 11 is 0. The summed E-state index contributed by atoms with van der Waals surface area (Å²) < 4.78 is 0. The largest absolute Gasteiger partial charge is 0.481 e. The van der Waals surface area contributed by atoms with E-state index in [1.165, 1.54) is 25.7 Å². The van der Waals surface area contributed by atoms with Gasteiger partial charge in [-0.05, 0) is 19.8 Å². The van der Waals surface area contributed by atoms with Crippen LogP contribution in [0.25, 0.3) is 0 Å². The maximum atomic E-state index is 11.0. The van der Waals surface area contributed by atoms with Gasteiger partial charge in [-0.15, -0.1) is 0 Å². The third-order valence-electron chi connectivity index (χ3n) is 3.17. The number of nitrogens with one attached hydrogen (secondary N) is 1. The van der Waals surface area contributed by atoms with Gasteiger partial charge in [0.15, 0.2) is 0 Å². The second kappa shape index (κ2) is 10.8. The third-order valence-corrected chi connectivity index (χ3v) is 3.17. The predicted octanol–water partition coefficient (Wildman–Crippen LogP) is 2.64. The van der Waals surface area contributed by atoms with Gasteiger partial charge in [0.25, 0.3) is 0 Å². The Labute approximate surface area is 115 Å². The van der Waals surface area contributed by atoms with Gasteiger partial charge in [0.1, 0.15) is 6.04 Å². The van der Waals surface area contributed by atoms with Crippen molar-refractivity contribution in [2.75, 3.05) is 0 Å². The monoisotopic (exact) mass is 273 g/mol. The van der Waals surface area contributed by atoms with Gasteiger partial charge in [0.2, 0.25) is 0 Å². The molecule has 0 saturated carbocycles. The first kappa shape index (κ1) is 17.9. The summed E-state index contributed by atoms with van der Waals surface area (Å²) in [5, 5.41) is 20.6. The molecule has 0 heterocycles. The van der Waals surface area contributed by atoms with E-state index in [9.17, 15) is 9.59 Å². The van der Waals surface area contributed by atoms with Gasteiger partial charge in [-0.2, -0.15) is 0 Å². The summed E-state index contributed by atoms with van der Waals surface area (Å²) in [5.74, 6) is -1.93. The zero-order valence-corrected chi connectivity index (χ0v) is 12.0. The highest BCUT2D eigenvalue weighted by molar-refractivity contribution is 5.75. The number of hydrogen-bond acceptors (Lipinski definition) is 3. The van der Waals surface area contributed by atoms with Gasteiger partial charge in [-0.25, -0.2) is 0 Å². The highest BCUT2D eigenvalue weighted by Gasteiger charge is 2.20. The molecule has 0 radical (unpaired) electrons. The number of unbranched alkanes of at least 4 members (excludes halogenated alkanes) is 4. The minimum atomic E-state index is -0.973. The maximum absolute atomic E-state index is 11.0. The molecule has 0 fully saturated rings. The van der Waals surface area contributed by atoms with Crippen LogP contribution >= 0.6 is 0 Å². The van der Waals surface area contributed by atoms with E-state index in [2.05, 4.69) is 12.2 Å². The summed E-state index contributed by atoms with van der Waals surface area (Å²) in [7, 11) is 0. The van der Waals surface area contributed by atoms with Crippen molar-refractivity contribution in [2.45, 2.75) is 77.3 Å². The number of carboxylic acids is 2. The maximum Gasteiger partial charge on any atom is 0.320 e. The molecule has 0 rings (SSSR count). The minimum Gasteiger partial charge on any atom is -0.481 e. The van der Waals surface area contributed by atoms with Gasteiger partial charge < -0.3 is 15.5 Å². The second-order valence-electron chi connectivity index (χ2n) is 5.09. The quantitative estimate of drug-likeness (QED) is 0.476. The average molecular weight is 273 g/mol. The highest BCUT2D eigenvalue weighted by atomic mass is 16.4. The van der Waals surface area contributed by atoms with Crippen molar-refractivity contribution in [1.29, 1.82) is 0 Å². The Morgan fingerprint density at radius 3 is 2.21 bits per heavy atom. The van der Waals surface area contributed by atoms with E-state index in [4.69, 9.17) is 10.2 Å². The Morgan fingerprint density at radius 2 is 1.68 bits per heavy atom. The van der Waals surface area contributed by atoms with Crippen LogP contribution in [-0.4, -0.2) is 34.2 Å². The molecule has 112 valence electrons. The summed E-state index contributed by atoms with van der Waals surface area (Å²) in [6.07, 6.45) is 6.89. The van der Waals surface area contributed by atoms with Crippen LogP contribution in [0, 0.1) is 0 Å². The van der Waals surface area contributed by atoms with Crippen LogP contribution in [0.2, 0.25) is 0 Å². The Kier molecular flexibility index (Phi) is 10.2. The molecule has 0 aliphatic rings. The van der Waals surface area contributed by atoms with E-state index in [1.807, 2.05) is 6.92 Å². The topological polar surface area (TPSA) is 86.6 Å². The molecule has 3 N–H and O–H groups in total. The molecule has 5 heteroatoms. The molecule has 1 unspecified atom stereocenters. The zero-order chi connectivity index (χ0) is 14.7. The molecule has 5 nitrogen and oxygen atoms in total. The zero-order valence-electron chi connectivity index (χ0n) is 12.0. The summed E-state index contributed by atoms with van der Waals surface area (Å²) in [5.41, 5.74) is 0. The van der Waals surface area contributed by atoms with Crippen molar-refractivity contribution in [2.24, 2.45) is 0 Å². The Morgan fingerprint density at radius 1 is 1.05 bits per heavy atom. The Hall–Kier alpha value is -1.10. The molecule has 2 atom stereocenters. The number of hydrogen-bond donors (Lipinski definition) is 3. The molecule has 0 aromatic rings. The smallest absolute Gasteiger partial charge is 0.320 e. The molecule has 0 amide bonds. The third kappa shape index (κ3) is 10.5. The molecule has 0 aliphatic heterocycles. The molecule has 0 saturated heterocycles. The van der Waals surface area contributed by atoms with E-state index in [0.29, 0.717) is 0 Å². The van der Waals surface area contributed by atoms with Gasteiger partial charge in [0, 0.05) is 12.5 Å². The lowest BCUT2D eigenvalue weighted by Gasteiger charge is -2.19. The summed E-state index contributed by atoms with van der Waals surface area (Å²) in [6.45, 7) is 4.13. The van der Waals surface area contributed by atoms with Crippen LogP contribution in [-0.2, 0) is 9.59 Å². The van der Waals surface area contributed by atoms with E-state index in [0.717, 1.165) is 12.8 Å². The van der Waals surface area contributed by atoms with Crippen LogP contribution in [0.15, 0.2) is 0 Å². The molecular weight excluding hydrogens is 246 g/mol. The van der Waals surface area contributed by atoms with Crippen molar-refractivity contribution < 1.29 is 19.8 Å². The van der Waals surface area contributed by atoms with Crippen molar-refractivity contribution in [3.05, 3.63) is 0 Å². The first-order valence-electron chi connectivity index (χ1n) is 7.18. The fraction of sp³-hybridized carbons (Fsp3) is 0.857. The molecule has 0 spiro atoms. The fourth-order valence-corrected chi connectivity index (χ4v) is 2.03. The molecule has 0 aromatic heterocycles. The van der Waals surface area contributed by atoms with Gasteiger partial charge in [-0.3, -0.25) is 9.59 Å². The average Bonchev–Trinajstić information content (AvgIpc) is 2.33. The lowest BCUT2D eigenvalue weighted by molar-refractivity contribution is -0.141. The molecular formula is C14H27NO4. The summed E-state index contributed by atoms with van der Waals surface area (Å²) in [6, 6.07) is -0.654. The van der Waals surface area contributed by atoms with Crippen molar-refractivity contribution in [3.63, 3.8) is 0 Å². The first-order chi connectivity index (χ1) is 8.97. The van der Waals surface area contributed by atoms with Crippen LogP contribution in [0.3, 0.4) is 0 Å². The second-order valence-corrected chi connectivity index (χ2v) is 5.09. The Bertz CT molecular complexity index is 268. The molecule has 0 bridgehead atoms. The number of carboxylic acid groups (broad SMARTS) is 2. The Balaban J connectivity index is 3.86. The van der Waals surface area contributed by atoms with E-state index < -0.39 is 18.0 Å². The van der Waals surface area contributed by atoms with Crippen LogP contribution in [0.4, 0.5) is 0 Å². The van der Waals surface area contributed by atoms with Gasteiger partial charge in [0.05, 0.1) is 0 Å². The highest BCUT2D eigenvalue weighted by Crippen LogP contribution is 2.08. The van der Waals surface area contributed by atoms with Gasteiger partial charge in [-0.1, -0.05) is 39.0 Å². The molecule has 19 heavy (non-hydrogen) atoms. The first-order valence-corrected chi connectivity index (χ1v) is 7.18. The predicted molar refractivity (Wildman–Crippen MR) is 74.3 cm³/mol. The lowest BCUT2D eigenvalue weighted by atomic mass is 10.1. The fourth-order valence-electron chi connectivity index (χ4n) is 2.03. The number of rotatable bonds is 12. The van der Waals surface area contributed by atoms with E-state index in [1.54, 1.807) is 0 Å². The van der Waals surface area contributed by atoms with Crippen LogP contribution < -0.4 is 5.32 Å². The van der Waals surface area contributed by atoms with Gasteiger partial charge >= 0.3 is 11.9 Å². The standard InChI is InChI=1S/C14H27NO4/c1-3-4-5-6-7-8-11(2)15-12(14(18)19)9-10-13(16)17/h11-12,15H,3-10H2,1-2H3,(H,16,17)(H,18,19)/t11?,12-/m0/s1. The number of carbonyl (C=O) groups is 2. The normalized spacial score (nSPS) is 14.0. The van der Waals surface area contributed by atoms with E-state index in [-0.39, 0.29) is 18.9 Å². The minimum absolute atomic E-state index is 0.108. The van der Waals surface area contributed by atoms with E-state index >= 15 is 0 Å². The summed E-state index contributed by atoms with van der Waals surface area (Å²) in [4.78, 5) is 21.5. The SMILES string of the molecule is CCCCCCCC(C)N[C@@H](CCC(=O)O)C(=O)O. The molecule has 0 aliphatic carbocycles. The van der Waals surface area contributed by atoms with Crippen molar-refractivity contribution >= 4 is 11.9 Å². The van der Waals surface area contributed by atoms with Crippen molar-refractivity contribution in [1.82, 2.24) is 5.32 Å². The lowest BCUT2D eigenvalue weighted by Crippen LogP contribution is -2.42.